The number of aryl methyl sites for hydroxylation is 3. The summed E-state index contributed by atoms with van der Waals surface area (Å²) in [5.74, 6) is 0.839. The summed E-state index contributed by atoms with van der Waals surface area (Å²) in [7, 11) is 0. The molecule has 2 aromatic rings. The highest BCUT2D eigenvalue weighted by Crippen LogP contribution is 2.21. The van der Waals surface area contributed by atoms with Crippen LogP contribution in [0.25, 0.3) is 0 Å². The SMILES string of the molecule is CCCn1nc(CCNC(=O)CCc2c(C)noc2C)c2c1CCOC2. The summed E-state index contributed by atoms with van der Waals surface area (Å²) in [4.78, 5) is 12.1. The summed E-state index contributed by atoms with van der Waals surface area (Å²) in [5.41, 5.74) is 5.47. The molecule has 7 heteroatoms. The Morgan fingerprint density at radius 1 is 1.31 bits per heavy atom. The highest BCUT2D eigenvalue weighted by Gasteiger charge is 2.20. The Kier molecular flexibility index (Phi) is 6.08. The van der Waals surface area contributed by atoms with Crippen molar-refractivity contribution in [1.82, 2.24) is 20.3 Å². The minimum absolute atomic E-state index is 0.0445. The van der Waals surface area contributed by atoms with E-state index in [1.807, 2.05) is 13.8 Å². The van der Waals surface area contributed by atoms with Crippen molar-refractivity contribution < 1.29 is 14.1 Å². The van der Waals surface area contributed by atoms with Gasteiger partial charge < -0.3 is 14.6 Å². The van der Waals surface area contributed by atoms with Crippen LogP contribution in [0, 0.1) is 13.8 Å². The fourth-order valence-corrected chi connectivity index (χ4v) is 3.48. The molecule has 7 nitrogen and oxygen atoms in total. The average molecular weight is 360 g/mol. The van der Waals surface area contributed by atoms with Gasteiger partial charge in [0.1, 0.15) is 5.76 Å². The first kappa shape index (κ1) is 18.6. The maximum absolute atomic E-state index is 12.1. The zero-order valence-electron chi connectivity index (χ0n) is 15.9. The van der Waals surface area contributed by atoms with Crippen molar-refractivity contribution in [3.63, 3.8) is 0 Å². The van der Waals surface area contributed by atoms with Crippen molar-refractivity contribution in [2.45, 2.75) is 66.0 Å². The van der Waals surface area contributed by atoms with E-state index in [0.29, 0.717) is 26.0 Å². The van der Waals surface area contributed by atoms with Gasteiger partial charge in [-0.05, 0) is 26.7 Å². The van der Waals surface area contributed by atoms with Crippen LogP contribution in [-0.4, -0.2) is 34.0 Å². The lowest BCUT2D eigenvalue weighted by Gasteiger charge is -2.14. The van der Waals surface area contributed by atoms with Gasteiger partial charge in [-0.15, -0.1) is 0 Å². The lowest BCUT2D eigenvalue weighted by Crippen LogP contribution is -2.26. The summed E-state index contributed by atoms with van der Waals surface area (Å²) in [5, 5.41) is 11.7. The number of hydrogen-bond donors (Lipinski definition) is 1. The van der Waals surface area contributed by atoms with Crippen LogP contribution in [0.5, 0.6) is 0 Å². The van der Waals surface area contributed by atoms with Crippen LogP contribution in [0.4, 0.5) is 0 Å². The van der Waals surface area contributed by atoms with Crippen LogP contribution in [0.2, 0.25) is 0 Å². The van der Waals surface area contributed by atoms with Gasteiger partial charge >= 0.3 is 0 Å². The molecule has 1 aliphatic rings. The second-order valence-electron chi connectivity index (χ2n) is 6.80. The highest BCUT2D eigenvalue weighted by atomic mass is 16.5. The third kappa shape index (κ3) is 4.15. The van der Waals surface area contributed by atoms with Gasteiger partial charge in [0, 0.05) is 49.2 Å². The van der Waals surface area contributed by atoms with Crippen LogP contribution in [0.15, 0.2) is 4.52 Å². The average Bonchev–Trinajstić information content (AvgIpc) is 3.14. The van der Waals surface area contributed by atoms with Crippen molar-refractivity contribution in [1.29, 1.82) is 0 Å². The van der Waals surface area contributed by atoms with E-state index in [0.717, 1.165) is 55.1 Å². The Morgan fingerprint density at radius 2 is 2.15 bits per heavy atom. The second-order valence-corrected chi connectivity index (χ2v) is 6.80. The van der Waals surface area contributed by atoms with Crippen LogP contribution in [0.1, 0.15) is 53.7 Å². The van der Waals surface area contributed by atoms with E-state index >= 15 is 0 Å². The van der Waals surface area contributed by atoms with Gasteiger partial charge in [0.15, 0.2) is 0 Å². The molecule has 142 valence electrons. The first-order valence-corrected chi connectivity index (χ1v) is 9.43. The van der Waals surface area contributed by atoms with Gasteiger partial charge in [-0.1, -0.05) is 12.1 Å². The molecule has 1 aliphatic heterocycles. The molecule has 3 rings (SSSR count). The molecule has 0 aromatic carbocycles. The summed E-state index contributed by atoms with van der Waals surface area (Å²) < 4.78 is 12.9. The predicted octanol–water partition coefficient (Wildman–Crippen LogP) is 2.26. The number of nitrogens with zero attached hydrogens (tertiary/aromatic N) is 3. The minimum Gasteiger partial charge on any atom is -0.376 e. The smallest absolute Gasteiger partial charge is 0.220 e. The molecule has 0 bridgehead atoms. The van der Waals surface area contributed by atoms with E-state index < -0.39 is 0 Å². The van der Waals surface area contributed by atoms with Crippen LogP contribution < -0.4 is 5.32 Å². The van der Waals surface area contributed by atoms with Gasteiger partial charge in [-0.25, -0.2) is 0 Å². The van der Waals surface area contributed by atoms with Crippen molar-refractivity contribution in [3.05, 3.63) is 34.0 Å². The molecule has 0 atom stereocenters. The maximum Gasteiger partial charge on any atom is 0.220 e. The molecule has 0 saturated heterocycles. The quantitative estimate of drug-likeness (QED) is 0.781. The first-order chi connectivity index (χ1) is 12.6. The Bertz CT molecular complexity index is 744. The Balaban J connectivity index is 1.51. The number of hydrogen-bond acceptors (Lipinski definition) is 5. The van der Waals surface area contributed by atoms with Crippen molar-refractivity contribution >= 4 is 5.91 Å². The van der Waals surface area contributed by atoms with E-state index in [2.05, 4.69) is 22.1 Å². The fourth-order valence-electron chi connectivity index (χ4n) is 3.48. The standard InChI is InChI=1S/C19H28N4O3/c1-4-10-23-18-8-11-25-12-16(18)17(21-23)7-9-20-19(24)6-5-15-13(2)22-26-14(15)3/h4-12H2,1-3H3,(H,20,24). The molecule has 0 fully saturated rings. The fraction of sp³-hybridized carbons (Fsp3) is 0.632. The number of ether oxygens (including phenoxy) is 1. The van der Waals surface area contributed by atoms with Crippen molar-refractivity contribution in [2.75, 3.05) is 13.2 Å². The molecular weight excluding hydrogens is 332 g/mol. The summed E-state index contributed by atoms with van der Waals surface area (Å²) in [6.45, 7) is 8.87. The van der Waals surface area contributed by atoms with Crippen LogP contribution >= 0.6 is 0 Å². The predicted molar refractivity (Wildman–Crippen MR) is 96.9 cm³/mol. The summed E-state index contributed by atoms with van der Waals surface area (Å²) in [6, 6.07) is 0. The number of amides is 1. The number of carbonyl (C=O) groups is 1. The van der Waals surface area contributed by atoms with Gasteiger partial charge in [0.05, 0.1) is 24.6 Å². The number of nitrogens with one attached hydrogen (secondary N) is 1. The molecule has 1 N–H and O–H groups in total. The van der Waals surface area contributed by atoms with Gasteiger partial charge in [0.25, 0.3) is 0 Å². The zero-order valence-corrected chi connectivity index (χ0v) is 15.9. The number of carbonyl (C=O) groups excluding carboxylic acids is 1. The molecule has 0 aliphatic carbocycles. The molecule has 26 heavy (non-hydrogen) atoms. The van der Waals surface area contributed by atoms with Gasteiger partial charge in [0.2, 0.25) is 5.91 Å². The summed E-state index contributed by atoms with van der Waals surface area (Å²) in [6.07, 6.45) is 3.81. The molecule has 0 saturated carbocycles. The largest absolute Gasteiger partial charge is 0.376 e. The minimum atomic E-state index is 0.0445. The topological polar surface area (TPSA) is 82.2 Å². The lowest BCUT2D eigenvalue weighted by molar-refractivity contribution is -0.121. The zero-order chi connectivity index (χ0) is 18.5. The third-order valence-corrected chi connectivity index (χ3v) is 4.88. The van der Waals surface area contributed by atoms with E-state index in [-0.39, 0.29) is 5.91 Å². The van der Waals surface area contributed by atoms with Gasteiger partial charge in [-0.2, -0.15) is 5.10 Å². The molecule has 0 spiro atoms. The molecule has 3 heterocycles. The number of fused-ring (bicyclic) bond motifs is 1. The van der Waals surface area contributed by atoms with Crippen molar-refractivity contribution in [3.8, 4) is 0 Å². The van der Waals surface area contributed by atoms with E-state index in [1.165, 1.54) is 11.3 Å². The number of aromatic nitrogens is 3. The highest BCUT2D eigenvalue weighted by molar-refractivity contribution is 5.76. The third-order valence-electron chi connectivity index (χ3n) is 4.88. The van der Waals surface area contributed by atoms with Crippen LogP contribution in [0.3, 0.4) is 0 Å². The molecule has 1 amide bonds. The Hall–Kier alpha value is -2.15. The molecule has 2 aromatic heterocycles. The molecular formula is C19H28N4O3. The van der Waals surface area contributed by atoms with E-state index in [1.54, 1.807) is 0 Å². The Morgan fingerprint density at radius 3 is 2.88 bits per heavy atom. The van der Waals surface area contributed by atoms with E-state index in [9.17, 15) is 4.79 Å². The van der Waals surface area contributed by atoms with E-state index in [4.69, 9.17) is 14.4 Å². The van der Waals surface area contributed by atoms with Gasteiger partial charge in [-0.3, -0.25) is 9.48 Å². The molecule has 0 unspecified atom stereocenters. The number of rotatable bonds is 8. The first-order valence-electron chi connectivity index (χ1n) is 9.43. The van der Waals surface area contributed by atoms with Crippen molar-refractivity contribution in [2.24, 2.45) is 0 Å². The lowest BCUT2D eigenvalue weighted by atomic mass is 10.1. The monoisotopic (exact) mass is 360 g/mol. The second kappa shape index (κ2) is 8.49. The summed E-state index contributed by atoms with van der Waals surface area (Å²) >= 11 is 0. The Labute approximate surface area is 154 Å². The van der Waals surface area contributed by atoms with Crippen LogP contribution in [-0.2, 0) is 41.9 Å². The normalized spacial score (nSPS) is 13.7. The maximum atomic E-state index is 12.1. The molecule has 0 radical (unpaired) electrons.